The SMILES string of the molecule is Nc1ccc2c(O)c(N=Nc3ccc(N=Nc4ccc(C(=O)N=O)cc4)cc3S(=O)(=O)O)c(S(=O)(=O)O)cc2c1S(=O)(=O)O. The number of carbonyl (C=O) groups excluding carboxylic acids is 1. The van der Waals surface area contributed by atoms with Crippen LogP contribution in [0.5, 0.6) is 5.75 Å². The first-order valence-electron chi connectivity index (χ1n) is 11.4. The molecule has 21 heteroatoms. The van der Waals surface area contributed by atoms with E-state index in [1.807, 2.05) is 0 Å². The summed E-state index contributed by atoms with van der Waals surface area (Å²) in [5.41, 5.74) is 3.53. The van der Waals surface area contributed by atoms with Gasteiger partial charge in [-0.1, -0.05) is 0 Å². The number of phenols is 1. The van der Waals surface area contributed by atoms with Gasteiger partial charge in [-0.15, -0.1) is 15.1 Å². The summed E-state index contributed by atoms with van der Waals surface area (Å²) in [6, 6.07) is 10.6. The van der Waals surface area contributed by atoms with Gasteiger partial charge in [-0.25, -0.2) is 0 Å². The molecule has 0 aliphatic rings. The molecule has 1 amide bonds. The minimum atomic E-state index is -5.28. The van der Waals surface area contributed by atoms with Crippen LogP contribution in [-0.4, -0.2) is 49.9 Å². The van der Waals surface area contributed by atoms with E-state index in [9.17, 15) is 53.7 Å². The number of nitrogens with zero attached hydrogens (tertiary/aromatic N) is 5. The Morgan fingerprint density at radius 2 is 1.25 bits per heavy atom. The van der Waals surface area contributed by atoms with E-state index in [0.717, 1.165) is 30.3 Å². The van der Waals surface area contributed by atoms with Gasteiger partial charge in [-0.05, 0) is 60.7 Å². The van der Waals surface area contributed by atoms with E-state index in [1.54, 1.807) is 0 Å². The van der Waals surface area contributed by atoms with Crippen molar-refractivity contribution < 1.29 is 48.8 Å². The van der Waals surface area contributed by atoms with E-state index < -0.39 is 84.5 Å². The second kappa shape index (κ2) is 11.6. The third-order valence-electron chi connectivity index (χ3n) is 5.71. The number of anilines is 1. The van der Waals surface area contributed by atoms with Gasteiger partial charge in [-0.3, -0.25) is 18.5 Å². The van der Waals surface area contributed by atoms with Crippen LogP contribution in [0.4, 0.5) is 28.4 Å². The highest BCUT2D eigenvalue weighted by molar-refractivity contribution is 7.86. The van der Waals surface area contributed by atoms with E-state index in [0.29, 0.717) is 6.07 Å². The zero-order valence-electron chi connectivity index (χ0n) is 21.4. The van der Waals surface area contributed by atoms with Crippen LogP contribution in [0.3, 0.4) is 0 Å². The number of aromatic hydroxyl groups is 1. The van der Waals surface area contributed by atoms with Gasteiger partial charge in [0.15, 0.2) is 5.75 Å². The minimum Gasteiger partial charge on any atom is -0.505 e. The van der Waals surface area contributed by atoms with Crippen molar-refractivity contribution in [3.63, 3.8) is 0 Å². The van der Waals surface area contributed by atoms with Crippen LogP contribution in [-0.2, 0) is 30.4 Å². The van der Waals surface area contributed by atoms with E-state index in [-0.39, 0.29) is 16.9 Å². The van der Waals surface area contributed by atoms with E-state index in [2.05, 4.69) is 25.6 Å². The van der Waals surface area contributed by atoms with Crippen LogP contribution < -0.4 is 5.73 Å². The van der Waals surface area contributed by atoms with Gasteiger partial charge in [0.1, 0.15) is 26.1 Å². The Kier molecular flexibility index (Phi) is 8.37. The molecule has 0 atom stereocenters. The smallest absolute Gasteiger partial charge is 0.316 e. The van der Waals surface area contributed by atoms with Crippen molar-refractivity contribution in [3.8, 4) is 5.75 Å². The lowest BCUT2D eigenvalue weighted by molar-refractivity contribution is 0.100. The van der Waals surface area contributed by atoms with Crippen molar-refractivity contribution in [2.75, 3.05) is 5.73 Å². The quantitative estimate of drug-likeness (QED) is 0.0744. The summed E-state index contributed by atoms with van der Waals surface area (Å²) < 4.78 is 101. The monoisotopic (exact) mass is 664 g/mol. The fraction of sp³-hybridized carbons (Fsp3) is 0. The number of phenolic OH excluding ortho intramolecular Hbond substituents is 1. The predicted octanol–water partition coefficient (Wildman–Crippen LogP) is 4.61. The zero-order valence-corrected chi connectivity index (χ0v) is 23.8. The molecule has 44 heavy (non-hydrogen) atoms. The average molecular weight is 665 g/mol. The maximum atomic E-state index is 12.1. The highest BCUT2D eigenvalue weighted by atomic mass is 32.2. The predicted molar refractivity (Wildman–Crippen MR) is 151 cm³/mol. The van der Waals surface area contributed by atoms with Crippen LogP contribution in [0, 0.1) is 4.91 Å². The van der Waals surface area contributed by atoms with Crippen molar-refractivity contribution in [1.82, 2.24) is 0 Å². The average Bonchev–Trinajstić information content (AvgIpc) is 2.93. The number of nitroso groups, excluding NO2 is 1. The molecule has 0 spiro atoms. The fourth-order valence-corrected chi connectivity index (χ4v) is 5.89. The van der Waals surface area contributed by atoms with Gasteiger partial charge in [0.2, 0.25) is 0 Å². The Morgan fingerprint density at radius 1 is 0.659 bits per heavy atom. The third kappa shape index (κ3) is 6.61. The summed E-state index contributed by atoms with van der Waals surface area (Å²) in [6.45, 7) is 0. The second-order valence-electron chi connectivity index (χ2n) is 8.57. The second-order valence-corrected chi connectivity index (χ2v) is 12.7. The standard InChI is InChI=1S/C23H16N6O12S3/c24-16-7-6-14-15(22(16)44(39,40)41)10-19(43(36,37)38)20(21(14)30)28-27-17-8-5-13(9-18(17)42(33,34)35)26-25-12-3-1-11(2-4-12)23(31)29-32/h1-10,30H,24H2,(H,33,34,35)(H,36,37,38)(H,39,40,41). The Morgan fingerprint density at radius 3 is 1.82 bits per heavy atom. The number of amides is 1. The fourth-order valence-electron chi connectivity index (χ4n) is 3.79. The number of fused-ring (bicyclic) bond motifs is 1. The Balaban J connectivity index is 1.82. The molecule has 0 bridgehead atoms. The highest BCUT2D eigenvalue weighted by Gasteiger charge is 2.27. The summed E-state index contributed by atoms with van der Waals surface area (Å²) in [6.07, 6.45) is 0. The number of nitrogens with two attached hydrogens (primary N) is 1. The summed E-state index contributed by atoms with van der Waals surface area (Å²) >= 11 is 0. The van der Waals surface area contributed by atoms with Gasteiger partial charge >= 0.3 is 5.91 Å². The van der Waals surface area contributed by atoms with Gasteiger partial charge in [0.05, 0.1) is 17.1 Å². The first kappa shape index (κ1) is 31.9. The summed E-state index contributed by atoms with van der Waals surface area (Å²) in [7, 11) is -15.4. The third-order valence-corrected chi connectivity index (χ3v) is 8.43. The highest BCUT2D eigenvalue weighted by Crippen LogP contribution is 2.44. The summed E-state index contributed by atoms with van der Waals surface area (Å²) in [5.74, 6) is -2.07. The molecular weight excluding hydrogens is 648 g/mol. The summed E-state index contributed by atoms with van der Waals surface area (Å²) in [4.78, 5) is 18.6. The molecule has 0 heterocycles. The van der Waals surface area contributed by atoms with E-state index in [4.69, 9.17) is 5.73 Å². The van der Waals surface area contributed by atoms with Crippen LogP contribution in [0.25, 0.3) is 10.8 Å². The number of azo groups is 2. The molecule has 0 saturated carbocycles. The van der Waals surface area contributed by atoms with Crippen LogP contribution in [0.15, 0.2) is 101 Å². The van der Waals surface area contributed by atoms with Gasteiger partial charge in [0.25, 0.3) is 30.4 Å². The van der Waals surface area contributed by atoms with Crippen molar-refractivity contribution in [3.05, 3.63) is 71.1 Å². The van der Waals surface area contributed by atoms with Gasteiger partial charge in [-0.2, -0.15) is 35.5 Å². The molecule has 0 radical (unpaired) electrons. The van der Waals surface area contributed by atoms with Gasteiger partial charge < -0.3 is 10.8 Å². The molecule has 228 valence electrons. The van der Waals surface area contributed by atoms with E-state index >= 15 is 0 Å². The van der Waals surface area contributed by atoms with Crippen LogP contribution in [0.1, 0.15) is 10.4 Å². The van der Waals surface area contributed by atoms with Crippen LogP contribution in [0.2, 0.25) is 0 Å². The topological polar surface area (TPSA) is 305 Å². The molecule has 0 saturated heterocycles. The Bertz CT molecular complexity index is 2250. The molecule has 0 aliphatic carbocycles. The van der Waals surface area contributed by atoms with Crippen molar-refractivity contribution in [2.24, 2.45) is 25.6 Å². The molecule has 4 aromatic carbocycles. The number of carbonyl (C=O) groups is 1. The number of nitrogen functional groups attached to an aromatic ring is 1. The minimum absolute atomic E-state index is 0.0140. The van der Waals surface area contributed by atoms with Crippen molar-refractivity contribution >= 4 is 75.5 Å². The molecule has 0 aromatic heterocycles. The Hall–Kier alpha value is -5.06. The summed E-state index contributed by atoms with van der Waals surface area (Å²) in [5, 5.41) is 26.8. The number of hydrogen-bond acceptors (Lipinski definition) is 14. The maximum Gasteiger partial charge on any atom is 0.316 e. The largest absolute Gasteiger partial charge is 0.505 e. The first-order chi connectivity index (χ1) is 20.4. The van der Waals surface area contributed by atoms with E-state index in [1.165, 1.54) is 24.3 Å². The molecule has 0 aliphatic heterocycles. The normalized spacial score (nSPS) is 12.7. The molecular formula is C23H16N6O12S3. The molecule has 4 rings (SSSR count). The number of benzene rings is 4. The van der Waals surface area contributed by atoms with Gasteiger partial charge in [0, 0.05) is 21.5 Å². The van der Waals surface area contributed by atoms with Crippen molar-refractivity contribution in [1.29, 1.82) is 0 Å². The molecule has 0 fully saturated rings. The maximum absolute atomic E-state index is 12.1. The lowest BCUT2D eigenvalue weighted by Gasteiger charge is -2.12. The molecule has 18 nitrogen and oxygen atoms in total. The lowest BCUT2D eigenvalue weighted by Crippen LogP contribution is -2.06. The Labute approximate surface area is 246 Å². The first-order valence-corrected chi connectivity index (χ1v) is 15.7. The lowest BCUT2D eigenvalue weighted by atomic mass is 10.1. The van der Waals surface area contributed by atoms with Crippen LogP contribution >= 0.6 is 0 Å². The number of rotatable bonds is 8. The van der Waals surface area contributed by atoms with Crippen molar-refractivity contribution in [2.45, 2.75) is 14.7 Å². The molecule has 4 aromatic rings. The zero-order chi connectivity index (χ0) is 32.6. The molecule has 0 unspecified atom stereocenters. The number of hydrogen-bond donors (Lipinski definition) is 5. The molecule has 6 N–H and O–H groups in total.